The third kappa shape index (κ3) is 2.80. The van der Waals surface area contributed by atoms with Crippen LogP contribution in [-0.4, -0.2) is 57.3 Å². The standard InChI is InChI=1S/C10H15NO6/c12-4-3-7(10(16)17)11-8(14)2-1-6(5-13)9(11)15/h6-7,12-13H,1-5H2,(H,16,17)/t6?,7-/m0/s1. The number of carboxylic acids is 1. The molecule has 17 heavy (non-hydrogen) atoms. The highest BCUT2D eigenvalue weighted by atomic mass is 16.4. The third-order valence-corrected chi connectivity index (χ3v) is 2.78. The second-order valence-electron chi connectivity index (χ2n) is 3.89. The van der Waals surface area contributed by atoms with Gasteiger partial charge >= 0.3 is 5.97 Å². The molecule has 0 aromatic rings. The lowest BCUT2D eigenvalue weighted by Crippen LogP contribution is -2.54. The Labute approximate surface area is 97.6 Å². The van der Waals surface area contributed by atoms with Gasteiger partial charge in [-0.05, 0) is 6.42 Å². The predicted octanol–water partition coefficient (Wildman–Crippen LogP) is -1.42. The van der Waals surface area contributed by atoms with Crippen molar-refractivity contribution in [2.75, 3.05) is 13.2 Å². The molecule has 2 atom stereocenters. The summed E-state index contributed by atoms with van der Waals surface area (Å²) in [6.45, 7) is -0.841. The molecule has 1 heterocycles. The number of hydrogen-bond acceptors (Lipinski definition) is 5. The Morgan fingerprint density at radius 2 is 2.06 bits per heavy atom. The van der Waals surface area contributed by atoms with Crippen LogP contribution in [0.5, 0.6) is 0 Å². The smallest absolute Gasteiger partial charge is 0.327 e. The summed E-state index contributed by atoms with van der Waals surface area (Å²) in [5, 5.41) is 26.6. The molecule has 96 valence electrons. The SMILES string of the molecule is O=C(O)[C@H](CCO)N1C(=O)CCC(CO)C1=O. The van der Waals surface area contributed by atoms with E-state index in [9.17, 15) is 14.4 Å². The lowest BCUT2D eigenvalue weighted by Gasteiger charge is -2.33. The Balaban J connectivity index is 2.93. The van der Waals surface area contributed by atoms with Crippen molar-refractivity contribution in [1.29, 1.82) is 0 Å². The number of hydrogen-bond donors (Lipinski definition) is 3. The molecular formula is C10H15NO6. The number of carboxylic acid groups (broad SMARTS) is 1. The molecule has 1 aliphatic heterocycles. The molecule has 0 aliphatic carbocycles. The number of carbonyl (C=O) groups is 3. The normalized spacial score (nSPS) is 22.7. The zero-order chi connectivity index (χ0) is 13.0. The number of aliphatic carboxylic acids is 1. The fourth-order valence-corrected chi connectivity index (χ4v) is 1.84. The van der Waals surface area contributed by atoms with Crippen molar-refractivity contribution in [3.63, 3.8) is 0 Å². The van der Waals surface area contributed by atoms with Gasteiger partial charge in [0.05, 0.1) is 12.5 Å². The quantitative estimate of drug-likeness (QED) is 0.512. The summed E-state index contributed by atoms with van der Waals surface area (Å²) in [4.78, 5) is 35.0. The number of amides is 2. The van der Waals surface area contributed by atoms with Crippen LogP contribution in [0.15, 0.2) is 0 Å². The molecule has 0 radical (unpaired) electrons. The Hall–Kier alpha value is -1.47. The average molecular weight is 245 g/mol. The Morgan fingerprint density at radius 3 is 2.53 bits per heavy atom. The number of likely N-dealkylation sites (tertiary alicyclic amines) is 1. The number of rotatable bonds is 5. The summed E-state index contributed by atoms with van der Waals surface area (Å²) in [5.41, 5.74) is 0. The molecule has 1 fully saturated rings. The number of aliphatic hydroxyl groups is 2. The maximum atomic E-state index is 11.8. The first-order chi connectivity index (χ1) is 8.02. The zero-order valence-corrected chi connectivity index (χ0v) is 9.20. The molecule has 0 aromatic heterocycles. The molecule has 7 heteroatoms. The number of nitrogens with zero attached hydrogens (tertiary/aromatic N) is 1. The second-order valence-corrected chi connectivity index (χ2v) is 3.89. The fourth-order valence-electron chi connectivity index (χ4n) is 1.84. The van der Waals surface area contributed by atoms with Crippen molar-refractivity contribution in [3.8, 4) is 0 Å². The van der Waals surface area contributed by atoms with E-state index in [1.807, 2.05) is 0 Å². The number of aliphatic hydroxyl groups excluding tert-OH is 2. The molecule has 0 bridgehead atoms. The van der Waals surface area contributed by atoms with Gasteiger partial charge in [-0.2, -0.15) is 0 Å². The number of carbonyl (C=O) groups excluding carboxylic acids is 2. The van der Waals surface area contributed by atoms with Crippen LogP contribution in [0.2, 0.25) is 0 Å². The molecule has 0 aromatic carbocycles. The monoisotopic (exact) mass is 245 g/mol. The van der Waals surface area contributed by atoms with Gasteiger partial charge in [0.1, 0.15) is 6.04 Å². The largest absolute Gasteiger partial charge is 0.480 e. The minimum atomic E-state index is -1.35. The molecule has 2 amide bonds. The summed E-state index contributed by atoms with van der Waals surface area (Å²) < 4.78 is 0. The highest BCUT2D eigenvalue weighted by Gasteiger charge is 2.40. The lowest BCUT2D eigenvalue weighted by molar-refractivity contribution is -0.164. The van der Waals surface area contributed by atoms with Crippen molar-refractivity contribution in [1.82, 2.24) is 4.90 Å². The molecule has 1 aliphatic rings. The van der Waals surface area contributed by atoms with Crippen LogP contribution in [0, 0.1) is 5.92 Å². The van der Waals surface area contributed by atoms with E-state index < -0.39 is 43.0 Å². The molecule has 1 saturated heterocycles. The summed E-state index contributed by atoms with van der Waals surface area (Å²) in [5.74, 6) is -3.31. The molecule has 3 N–H and O–H groups in total. The van der Waals surface area contributed by atoms with E-state index in [2.05, 4.69) is 0 Å². The molecule has 1 unspecified atom stereocenters. The topological polar surface area (TPSA) is 115 Å². The van der Waals surface area contributed by atoms with Gasteiger partial charge in [-0.15, -0.1) is 0 Å². The van der Waals surface area contributed by atoms with Crippen LogP contribution in [0.4, 0.5) is 0 Å². The van der Waals surface area contributed by atoms with Gasteiger partial charge in [0.25, 0.3) is 0 Å². The highest BCUT2D eigenvalue weighted by molar-refractivity contribution is 6.02. The first kappa shape index (κ1) is 13.6. The van der Waals surface area contributed by atoms with Crippen LogP contribution >= 0.6 is 0 Å². The van der Waals surface area contributed by atoms with Crippen LogP contribution < -0.4 is 0 Å². The van der Waals surface area contributed by atoms with E-state index in [1.54, 1.807) is 0 Å². The number of imide groups is 1. The van der Waals surface area contributed by atoms with Gasteiger partial charge in [0, 0.05) is 19.4 Å². The summed E-state index contributed by atoms with van der Waals surface area (Å²) >= 11 is 0. The van der Waals surface area contributed by atoms with Gasteiger partial charge in [0.15, 0.2) is 0 Å². The van der Waals surface area contributed by atoms with Gasteiger partial charge in [-0.3, -0.25) is 14.5 Å². The average Bonchev–Trinajstić information content (AvgIpc) is 2.28. The Morgan fingerprint density at radius 1 is 1.41 bits per heavy atom. The minimum Gasteiger partial charge on any atom is -0.480 e. The lowest BCUT2D eigenvalue weighted by atomic mass is 9.95. The van der Waals surface area contributed by atoms with Gasteiger partial charge in [0.2, 0.25) is 11.8 Å². The van der Waals surface area contributed by atoms with E-state index >= 15 is 0 Å². The van der Waals surface area contributed by atoms with Crippen molar-refractivity contribution < 1.29 is 29.7 Å². The van der Waals surface area contributed by atoms with Gasteiger partial charge < -0.3 is 15.3 Å². The van der Waals surface area contributed by atoms with Crippen molar-refractivity contribution in [2.45, 2.75) is 25.3 Å². The maximum Gasteiger partial charge on any atom is 0.327 e. The van der Waals surface area contributed by atoms with Crippen molar-refractivity contribution in [3.05, 3.63) is 0 Å². The summed E-state index contributed by atoms with van der Waals surface area (Å²) in [6, 6.07) is -1.35. The van der Waals surface area contributed by atoms with E-state index in [1.165, 1.54) is 0 Å². The summed E-state index contributed by atoms with van der Waals surface area (Å²) in [6.07, 6.45) is 0.0628. The Kier molecular flexibility index (Phi) is 4.59. The molecule has 0 spiro atoms. The first-order valence-corrected chi connectivity index (χ1v) is 5.33. The van der Waals surface area contributed by atoms with E-state index in [4.69, 9.17) is 15.3 Å². The van der Waals surface area contributed by atoms with Gasteiger partial charge in [-0.25, -0.2) is 4.79 Å². The highest BCUT2D eigenvalue weighted by Crippen LogP contribution is 2.22. The zero-order valence-electron chi connectivity index (χ0n) is 9.20. The fraction of sp³-hybridized carbons (Fsp3) is 0.700. The number of piperidine rings is 1. The van der Waals surface area contributed by atoms with E-state index in [0.717, 1.165) is 0 Å². The van der Waals surface area contributed by atoms with Crippen LogP contribution in [0.25, 0.3) is 0 Å². The maximum absolute atomic E-state index is 11.8. The minimum absolute atomic E-state index is 0.0339. The van der Waals surface area contributed by atoms with E-state index in [-0.39, 0.29) is 19.3 Å². The van der Waals surface area contributed by atoms with Gasteiger partial charge in [-0.1, -0.05) is 0 Å². The van der Waals surface area contributed by atoms with Crippen LogP contribution in [0.3, 0.4) is 0 Å². The molecular weight excluding hydrogens is 230 g/mol. The molecule has 0 saturated carbocycles. The van der Waals surface area contributed by atoms with Crippen molar-refractivity contribution in [2.24, 2.45) is 5.92 Å². The summed E-state index contributed by atoms with van der Waals surface area (Å²) in [7, 11) is 0. The third-order valence-electron chi connectivity index (χ3n) is 2.78. The Bertz CT molecular complexity index is 329. The first-order valence-electron chi connectivity index (χ1n) is 5.33. The molecule has 7 nitrogen and oxygen atoms in total. The van der Waals surface area contributed by atoms with Crippen LogP contribution in [-0.2, 0) is 14.4 Å². The van der Waals surface area contributed by atoms with Crippen molar-refractivity contribution >= 4 is 17.8 Å². The van der Waals surface area contributed by atoms with E-state index in [0.29, 0.717) is 4.90 Å². The predicted molar refractivity (Wildman–Crippen MR) is 54.8 cm³/mol. The second kappa shape index (κ2) is 5.74. The molecule has 1 rings (SSSR count). The van der Waals surface area contributed by atoms with Crippen LogP contribution in [0.1, 0.15) is 19.3 Å².